The second kappa shape index (κ2) is 6.13. The van der Waals surface area contributed by atoms with Crippen molar-refractivity contribution in [2.45, 2.75) is 18.6 Å². The van der Waals surface area contributed by atoms with Crippen molar-refractivity contribution in [3.8, 4) is 0 Å². The van der Waals surface area contributed by atoms with E-state index in [1.165, 1.54) is 0 Å². The Labute approximate surface area is 119 Å². The van der Waals surface area contributed by atoms with E-state index in [0.29, 0.717) is 11.4 Å². The van der Waals surface area contributed by atoms with Crippen LogP contribution in [-0.2, 0) is 0 Å². The lowest BCUT2D eigenvalue weighted by molar-refractivity contribution is -0.137. The van der Waals surface area contributed by atoms with Crippen molar-refractivity contribution in [3.05, 3.63) is 59.2 Å². The Hall–Kier alpha value is -1.75. The van der Waals surface area contributed by atoms with Gasteiger partial charge in [0.25, 0.3) is 0 Å². The molecule has 106 valence electrons. The molecule has 0 bridgehead atoms. The molecule has 0 aliphatic rings. The van der Waals surface area contributed by atoms with E-state index in [0.717, 1.165) is 0 Å². The van der Waals surface area contributed by atoms with Crippen LogP contribution in [-0.4, -0.2) is 11.2 Å². The van der Waals surface area contributed by atoms with Crippen LogP contribution in [0.25, 0.3) is 0 Å². The fraction of sp³-hybridized carbons (Fsp3) is 0.214. The second-order valence-electron chi connectivity index (χ2n) is 4.27. The van der Waals surface area contributed by atoms with Crippen LogP contribution in [0.4, 0.5) is 19.0 Å². The molecule has 1 unspecified atom stereocenters. The Kier molecular flexibility index (Phi) is 4.49. The average molecular weight is 301 g/mol. The molecule has 0 radical (unpaired) electrons. The highest BCUT2D eigenvalue weighted by Crippen LogP contribution is 2.31. The van der Waals surface area contributed by atoms with E-state index >= 15 is 0 Å². The highest BCUT2D eigenvalue weighted by molar-refractivity contribution is 6.29. The van der Waals surface area contributed by atoms with Crippen LogP contribution in [0.2, 0.25) is 5.15 Å². The van der Waals surface area contributed by atoms with Crippen LogP contribution >= 0.6 is 11.6 Å². The smallest absolute Gasteiger partial charge is 0.363 e. The molecule has 0 amide bonds. The number of nitrogens with one attached hydrogen (secondary N) is 1. The summed E-state index contributed by atoms with van der Waals surface area (Å²) in [5.41, 5.74) is 0.548. The van der Waals surface area contributed by atoms with Crippen molar-refractivity contribution in [1.29, 1.82) is 0 Å². The largest absolute Gasteiger partial charge is 0.391 e. The van der Waals surface area contributed by atoms with E-state index in [9.17, 15) is 13.2 Å². The van der Waals surface area contributed by atoms with E-state index in [1.807, 2.05) is 0 Å². The first-order valence-corrected chi connectivity index (χ1v) is 6.32. The molecule has 20 heavy (non-hydrogen) atoms. The number of hydrogen-bond acceptors (Lipinski definition) is 2. The van der Waals surface area contributed by atoms with Gasteiger partial charge in [0.2, 0.25) is 0 Å². The van der Waals surface area contributed by atoms with Crippen LogP contribution in [0.3, 0.4) is 0 Å². The normalized spacial score (nSPS) is 13.0. The topological polar surface area (TPSA) is 24.9 Å². The molecule has 2 nitrogen and oxygen atoms in total. The molecular weight excluding hydrogens is 289 g/mol. The number of alkyl halides is 3. The Morgan fingerprint density at radius 2 is 1.75 bits per heavy atom. The number of halogens is 4. The highest BCUT2D eigenvalue weighted by Gasteiger charge is 2.32. The summed E-state index contributed by atoms with van der Waals surface area (Å²) in [6.45, 7) is 0. The van der Waals surface area contributed by atoms with Crippen molar-refractivity contribution in [1.82, 2.24) is 4.98 Å². The maximum atomic E-state index is 12.7. The maximum absolute atomic E-state index is 12.7. The summed E-state index contributed by atoms with van der Waals surface area (Å²) in [7, 11) is 0. The van der Waals surface area contributed by atoms with Gasteiger partial charge in [0.15, 0.2) is 0 Å². The zero-order valence-electron chi connectivity index (χ0n) is 10.4. The fourth-order valence-corrected chi connectivity index (χ4v) is 2.00. The van der Waals surface area contributed by atoms with Gasteiger partial charge < -0.3 is 5.32 Å². The first-order valence-electron chi connectivity index (χ1n) is 5.95. The lowest BCUT2D eigenvalue weighted by Crippen LogP contribution is -2.20. The zero-order chi connectivity index (χ0) is 14.6. The van der Waals surface area contributed by atoms with Gasteiger partial charge in [-0.25, -0.2) is 4.98 Å². The van der Waals surface area contributed by atoms with Gasteiger partial charge >= 0.3 is 6.18 Å². The Morgan fingerprint density at radius 3 is 2.35 bits per heavy atom. The monoisotopic (exact) mass is 300 g/mol. The summed E-state index contributed by atoms with van der Waals surface area (Å²) < 4.78 is 38.1. The molecule has 2 rings (SSSR count). The van der Waals surface area contributed by atoms with E-state index in [2.05, 4.69) is 10.3 Å². The highest BCUT2D eigenvalue weighted by atomic mass is 35.5. The SMILES string of the molecule is FC(F)(F)CC(Nc1cccc(Cl)n1)c1ccccc1. The van der Waals surface area contributed by atoms with Crippen molar-refractivity contribution < 1.29 is 13.2 Å². The number of benzene rings is 1. The van der Waals surface area contributed by atoms with Crippen LogP contribution in [0.1, 0.15) is 18.0 Å². The van der Waals surface area contributed by atoms with Gasteiger partial charge in [0, 0.05) is 0 Å². The minimum atomic E-state index is -4.27. The fourth-order valence-electron chi connectivity index (χ4n) is 1.84. The Morgan fingerprint density at radius 1 is 1.05 bits per heavy atom. The summed E-state index contributed by atoms with van der Waals surface area (Å²) in [6, 6.07) is 12.3. The first-order chi connectivity index (χ1) is 9.44. The van der Waals surface area contributed by atoms with Crippen molar-refractivity contribution in [3.63, 3.8) is 0 Å². The summed E-state index contributed by atoms with van der Waals surface area (Å²) in [5, 5.41) is 3.01. The minimum Gasteiger partial charge on any atom is -0.363 e. The lowest BCUT2D eigenvalue weighted by atomic mass is 10.0. The lowest BCUT2D eigenvalue weighted by Gasteiger charge is -2.21. The van der Waals surface area contributed by atoms with Crippen LogP contribution in [0.15, 0.2) is 48.5 Å². The number of rotatable bonds is 4. The van der Waals surface area contributed by atoms with E-state index < -0.39 is 18.6 Å². The molecular formula is C14H12ClF3N2. The third-order valence-electron chi connectivity index (χ3n) is 2.67. The molecule has 0 aliphatic heterocycles. The van der Waals surface area contributed by atoms with E-state index in [1.54, 1.807) is 48.5 Å². The molecule has 1 atom stereocenters. The average Bonchev–Trinajstić information content (AvgIpc) is 2.37. The molecule has 0 saturated heterocycles. The van der Waals surface area contributed by atoms with Crippen molar-refractivity contribution in [2.75, 3.05) is 5.32 Å². The molecule has 2 aromatic rings. The third-order valence-corrected chi connectivity index (χ3v) is 2.89. The molecule has 1 aromatic heterocycles. The molecule has 0 fully saturated rings. The summed E-state index contributed by atoms with van der Waals surface area (Å²) >= 11 is 5.73. The molecule has 0 aliphatic carbocycles. The molecule has 6 heteroatoms. The Bertz CT molecular complexity index is 558. The van der Waals surface area contributed by atoms with E-state index in [-0.39, 0.29) is 5.15 Å². The molecule has 0 spiro atoms. The molecule has 1 N–H and O–H groups in total. The summed E-state index contributed by atoms with van der Waals surface area (Å²) in [6.07, 6.45) is -5.25. The predicted molar refractivity (Wildman–Crippen MR) is 72.7 cm³/mol. The van der Waals surface area contributed by atoms with E-state index in [4.69, 9.17) is 11.6 Å². The van der Waals surface area contributed by atoms with Gasteiger partial charge in [-0.15, -0.1) is 0 Å². The van der Waals surface area contributed by atoms with Crippen molar-refractivity contribution in [2.24, 2.45) is 0 Å². The van der Waals surface area contributed by atoms with Crippen LogP contribution in [0.5, 0.6) is 0 Å². The summed E-state index contributed by atoms with van der Waals surface area (Å²) in [4.78, 5) is 3.96. The second-order valence-corrected chi connectivity index (χ2v) is 4.66. The van der Waals surface area contributed by atoms with Gasteiger partial charge in [0.05, 0.1) is 12.5 Å². The standard InChI is InChI=1S/C14H12ClF3N2/c15-12-7-4-8-13(20-12)19-11(9-14(16,17)18)10-5-2-1-3-6-10/h1-8,11H,9H2,(H,19,20). The Balaban J connectivity index is 2.23. The van der Waals surface area contributed by atoms with Crippen LogP contribution in [0, 0.1) is 0 Å². The van der Waals surface area contributed by atoms with Gasteiger partial charge in [0.1, 0.15) is 11.0 Å². The number of nitrogens with zero attached hydrogens (tertiary/aromatic N) is 1. The van der Waals surface area contributed by atoms with Gasteiger partial charge in [-0.05, 0) is 17.7 Å². The van der Waals surface area contributed by atoms with Crippen LogP contribution < -0.4 is 5.32 Å². The number of aromatic nitrogens is 1. The number of hydrogen-bond donors (Lipinski definition) is 1. The quantitative estimate of drug-likeness (QED) is 0.817. The predicted octanol–water partition coefficient (Wildman–Crippen LogP) is 4.84. The van der Waals surface area contributed by atoms with Crippen molar-refractivity contribution >= 4 is 17.4 Å². The number of anilines is 1. The minimum absolute atomic E-state index is 0.230. The summed E-state index contributed by atoms with van der Waals surface area (Å²) in [5.74, 6) is 0.315. The van der Waals surface area contributed by atoms with Gasteiger partial charge in [-0.2, -0.15) is 13.2 Å². The molecule has 1 heterocycles. The zero-order valence-corrected chi connectivity index (χ0v) is 11.1. The number of pyridine rings is 1. The molecule has 0 saturated carbocycles. The van der Waals surface area contributed by atoms with Gasteiger partial charge in [-0.3, -0.25) is 0 Å². The maximum Gasteiger partial charge on any atom is 0.391 e. The third kappa shape index (κ3) is 4.42. The molecule has 1 aromatic carbocycles. The van der Waals surface area contributed by atoms with Gasteiger partial charge in [-0.1, -0.05) is 48.0 Å². The first kappa shape index (κ1) is 14.7.